The van der Waals surface area contributed by atoms with Crippen molar-refractivity contribution in [2.24, 2.45) is 0 Å². The molecule has 0 bridgehead atoms. The molecule has 0 atom stereocenters. The van der Waals surface area contributed by atoms with Crippen LogP contribution in [0.2, 0.25) is 0 Å². The quantitative estimate of drug-likeness (QED) is 0.801. The lowest BCUT2D eigenvalue weighted by molar-refractivity contribution is 0.0958. The van der Waals surface area contributed by atoms with Crippen LogP contribution in [0.15, 0.2) is 28.9 Å². The fourth-order valence-electron chi connectivity index (χ4n) is 1.61. The summed E-state index contributed by atoms with van der Waals surface area (Å²) in [6.07, 6.45) is 1.44. The van der Waals surface area contributed by atoms with E-state index in [2.05, 4.69) is 0 Å². The molecule has 0 saturated heterocycles. The molecule has 2 rings (SSSR count). The maximum atomic E-state index is 11.9. The second kappa shape index (κ2) is 3.98. The highest BCUT2D eigenvalue weighted by molar-refractivity contribution is 6.08. The van der Waals surface area contributed by atoms with Crippen molar-refractivity contribution in [2.45, 2.75) is 0 Å². The number of fused-ring (bicyclic) bond motifs is 1. The van der Waals surface area contributed by atoms with Crippen LogP contribution < -0.4 is 0 Å². The molecule has 1 N–H and O–H groups in total. The lowest BCUT2D eigenvalue weighted by Gasteiger charge is -2.06. The van der Waals surface area contributed by atoms with E-state index in [1.54, 1.807) is 17.0 Å². The number of phenolic OH excluding ortho intramolecular Hbond substituents is 1. The van der Waals surface area contributed by atoms with E-state index in [1.165, 1.54) is 12.3 Å². The summed E-state index contributed by atoms with van der Waals surface area (Å²) in [6, 6.07) is 4.73. The van der Waals surface area contributed by atoms with Crippen LogP contribution in [-0.4, -0.2) is 36.4 Å². The third-order valence-electron chi connectivity index (χ3n) is 2.32. The Hall–Kier alpha value is -1.81. The van der Waals surface area contributed by atoms with Gasteiger partial charge in [0.15, 0.2) is 5.78 Å². The molecule has 0 aliphatic heterocycles. The Kier molecular flexibility index (Phi) is 2.66. The second-order valence-corrected chi connectivity index (χ2v) is 3.99. The molecule has 0 saturated carbocycles. The zero-order valence-electron chi connectivity index (χ0n) is 9.23. The van der Waals surface area contributed by atoms with Gasteiger partial charge >= 0.3 is 0 Å². The van der Waals surface area contributed by atoms with Crippen LogP contribution in [0.1, 0.15) is 10.4 Å². The standard InChI is InChI=1S/C12H13NO3/c1-13(2)6-11(15)10-7-16-12-4-3-8(14)5-9(10)12/h3-5,7,14H,6H2,1-2H3. The lowest BCUT2D eigenvalue weighted by Crippen LogP contribution is -2.21. The first kappa shape index (κ1) is 10.7. The molecule has 0 unspecified atom stereocenters. The minimum Gasteiger partial charge on any atom is -0.508 e. The average Bonchev–Trinajstić information content (AvgIpc) is 2.59. The first-order valence-corrected chi connectivity index (χ1v) is 4.96. The number of likely N-dealkylation sites (N-methyl/N-ethyl adjacent to an activating group) is 1. The second-order valence-electron chi connectivity index (χ2n) is 3.99. The van der Waals surface area contributed by atoms with E-state index in [1.807, 2.05) is 14.1 Å². The van der Waals surface area contributed by atoms with E-state index >= 15 is 0 Å². The molecule has 84 valence electrons. The van der Waals surface area contributed by atoms with Crippen LogP contribution >= 0.6 is 0 Å². The van der Waals surface area contributed by atoms with E-state index in [0.717, 1.165) is 0 Å². The molecule has 0 aliphatic rings. The van der Waals surface area contributed by atoms with Gasteiger partial charge in [0, 0.05) is 5.39 Å². The lowest BCUT2D eigenvalue weighted by atomic mass is 10.1. The highest BCUT2D eigenvalue weighted by atomic mass is 16.3. The Morgan fingerprint density at radius 3 is 2.88 bits per heavy atom. The number of hydrogen-bond acceptors (Lipinski definition) is 4. The summed E-state index contributed by atoms with van der Waals surface area (Å²) in [5.74, 6) is 0.113. The van der Waals surface area contributed by atoms with Gasteiger partial charge in [-0.15, -0.1) is 0 Å². The summed E-state index contributed by atoms with van der Waals surface area (Å²) in [5, 5.41) is 10.0. The van der Waals surface area contributed by atoms with Crippen molar-refractivity contribution < 1.29 is 14.3 Å². The molecule has 0 spiro atoms. The largest absolute Gasteiger partial charge is 0.508 e. The van der Waals surface area contributed by atoms with Crippen molar-refractivity contribution in [3.05, 3.63) is 30.0 Å². The van der Waals surface area contributed by atoms with Crippen LogP contribution in [0, 0.1) is 0 Å². The Labute approximate surface area is 93.1 Å². The van der Waals surface area contributed by atoms with Crippen LogP contribution in [-0.2, 0) is 0 Å². The molecular formula is C12H13NO3. The molecule has 0 amide bonds. The number of hydrogen-bond donors (Lipinski definition) is 1. The van der Waals surface area contributed by atoms with Gasteiger partial charge < -0.3 is 14.4 Å². The normalized spacial score (nSPS) is 11.2. The Balaban J connectivity index is 2.44. The van der Waals surface area contributed by atoms with Gasteiger partial charge in [0.1, 0.15) is 17.6 Å². The summed E-state index contributed by atoms with van der Waals surface area (Å²) in [4.78, 5) is 13.7. The molecule has 1 aromatic carbocycles. The van der Waals surface area contributed by atoms with Gasteiger partial charge in [0.05, 0.1) is 12.1 Å². The van der Waals surface area contributed by atoms with Gasteiger partial charge in [0.2, 0.25) is 0 Å². The summed E-state index contributed by atoms with van der Waals surface area (Å²) in [7, 11) is 3.66. The van der Waals surface area contributed by atoms with Crippen molar-refractivity contribution in [3.8, 4) is 5.75 Å². The van der Waals surface area contributed by atoms with Crippen molar-refractivity contribution in [1.82, 2.24) is 4.90 Å². The van der Waals surface area contributed by atoms with Crippen LogP contribution in [0.25, 0.3) is 11.0 Å². The third kappa shape index (κ3) is 1.92. The average molecular weight is 219 g/mol. The van der Waals surface area contributed by atoms with E-state index in [0.29, 0.717) is 23.1 Å². The van der Waals surface area contributed by atoms with Gasteiger partial charge in [-0.3, -0.25) is 4.79 Å². The van der Waals surface area contributed by atoms with E-state index in [9.17, 15) is 9.90 Å². The SMILES string of the molecule is CN(C)CC(=O)c1coc2ccc(O)cc12. The summed E-state index contributed by atoms with van der Waals surface area (Å²) in [5.41, 5.74) is 1.12. The first-order chi connectivity index (χ1) is 7.58. The minimum absolute atomic E-state index is 0.0191. The zero-order valence-corrected chi connectivity index (χ0v) is 9.23. The molecule has 0 aliphatic carbocycles. The van der Waals surface area contributed by atoms with Crippen molar-refractivity contribution in [2.75, 3.05) is 20.6 Å². The summed E-state index contributed by atoms with van der Waals surface area (Å²) >= 11 is 0. The fraction of sp³-hybridized carbons (Fsp3) is 0.250. The monoisotopic (exact) mass is 219 g/mol. The first-order valence-electron chi connectivity index (χ1n) is 4.96. The van der Waals surface area contributed by atoms with Gasteiger partial charge in [0.25, 0.3) is 0 Å². The predicted molar refractivity (Wildman–Crippen MR) is 60.8 cm³/mol. The Morgan fingerprint density at radius 2 is 2.19 bits per heavy atom. The molecule has 2 aromatic rings. The Morgan fingerprint density at radius 1 is 1.44 bits per heavy atom. The molecular weight excluding hydrogens is 206 g/mol. The Bertz CT molecular complexity index is 528. The summed E-state index contributed by atoms with van der Waals surface area (Å²) < 4.78 is 5.26. The topological polar surface area (TPSA) is 53.7 Å². The summed E-state index contributed by atoms with van der Waals surface area (Å²) in [6.45, 7) is 0.324. The smallest absolute Gasteiger partial charge is 0.180 e. The predicted octanol–water partition coefficient (Wildman–Crippen LogP) is 1.88. The molecule has 1 aromatic heterocycles. The fourth-order valence-corrected chi connectivity index (χ4v) is 1.61. The van der Waals surface area contributed by atoms with Gasteiger partial charge in [-0.1, -0.05) is 0 Å². The molecule has 1 heterocycles. The molecule has 0 fully saturated rings. The van der Waals surface area contributed by atoms with E-state index < -0.39 is 0 Å². The molecule has 16 heavy (non-hydrogen) atoms. The van der Waals surface area contributed by atoms with Crippen LogP contribution in [0.5, 0.6) is 5.75 Å². The molecule has 4 nitrogen and oxygen atoms in total. The number of benzene rings is 1. The number of carbonyl (C=O) groups excluding carboxylic acids is 1. The molecule has 4 heteroatoms. The number of rotatable bonds is 3. The van der Waals surface area contributed by atoms with Gasteiger partial charge in [-0.25, -0.2) is 0 Å². The number of furan rings is 1. The van der Waals surface area contributed by atoms with E-state index in [-0.39, 0.29) is 11.5 Å². The highest BCUT2D eigenvalue weighted by Gasteiger charge is 2.14. The van der Waals surface area contributed by atoms with Crippen molar-refractivity contribution in [3.63, 3.8) is 0 Å². The number of aromatic hydroxyl groups is 1. The zero-order chi connectivity index (χ0) is 11.7. The minimum atomic E-state index is -0.0191. The number of nitrogens with zero attached hydrogens (tertiary/aromatic N) is 1. The third-order valence-corrected chi connectivity index (χ3v) is 2.32. The number of carbonyl (C=O) groups is 1. The maximum Gasteiger partial charge on any atom is 0.180 e. The van der Waals surface area contributed by atoms with Crippen molar-refractivity contribution in [1.29, 1.82) is 0 Å². The number of ketones is 1. The molecule has 0 radical (unpaired) electrons. The number of phenols is 1. The van der Waals surface area contributed by atoms with E-state index in [4.69, 9.17) is 4.42 Å². The number of Topliss-reactive ketones (excluding diaryl/α,β-unsaturated/α-hetero) is 1. The van der Waals surface area contributed by atoms with Crippen LogP contribution in [0.4, 0.5) is 0 Å². The van der Waals surface area contributed by atoms with Gasteiger partial charge in [-0.05, 0) is 32.3 Å². The van der Waals surface area contributed by atoms with Crippen LogP contribution in [0.3, 0.4) is 0 Å². The highest BCUT2D eigenvalue weighted by Crippen LogP contribution is 2.25. The maximum absolute atomic E-state index is 11.9. The van der Waals surface area contributed by atoms with Crippen molar-refractivity contribution >= 4 is 16.8 Å². The van der Waals surface area contributed by atoms with Gasteiger partial charge in [-0.2, -0.15) is 0 Å².